The Kier molecular flexibility index (Phi) is 7.14. The maximum Gasteiger partial charge on any atom is 0.0468 e. The summed E-state index contributed by atoms with van der Waals surface area (Å²) in [6, 6.07) is 69.6. The molecule has 2 heteroatoms. The minimum absolute atomic E-state index is 0.0468. The van der Waals surface area contributed by atoms with Gasteiger partial charge in [-0.2, -0.15) is 0 Å². The largest absolute Gasteiger partial charge is 0.310 e. The topological polar surface area (TPSA) is 3.24 Å². The van der Waals surface area contributed by atoms with E-state index >= 15 is 0 Å². The van der Waals surface area contributed by atoms with E-state index in [0.29, 0.717) is 0 Å². The van der Waals surface area contributed by atoms with Crippen molar-refractivity contribution in [2.75, 3.05) is 4.90 Å². The van der Waals surface area contributed by atoms with Gasteiger partial charge in [-0.15, -0.1) is 11.3 Å². The molecule has 1 nitrogen and oxygen atoms in total. The first-order valence-electron chi connectivity index (χ1n) is 19.1. The molecular formula is C53H37NS. The molecule has 0 spiro atoms. The Morgan fingerprint density at radius 2 is 0.964 bits per heavy atom. The number of nitrogens with zero attached hydrogens (tertiary/aromatic N) is 1. The molecule has 0 saturated carbocycles. The van der Waals surface area contributed by atoms with Crippen LogP contribution in [0.4, 0.5) is 17.1 Å². The van der Waals surface area contributed by atoms with Crippen LogP contribution in [0.15, 0.2) is 188 Å². The van der Waals surface area contributed by atoms with Gasteiger partial charge in [-0.05, 0) is 109 Å². The molecule has 9 aromatic carbocycles. The first-order chi connectivity index (χ1) is 27.0. The number of benzene rings is 9. The molecule has 0 radical (unpaired) electrons. The summed E-state index contributed by atoms with van der Waals surface area (Å²) in [6.45, 7) is 4.69. The zero-order valence-electron chi connectivity index (χ0n) is 30.8. The molecule has 0 saturated heterocycles. The van der Waals surface area contributed by atoms with Gasteiger partial charge in [0, 0.05) is 48.2 Å². The van der Waals surface area contributed by atoms with Crippen LogP contribution in [0.2, 0.25) is 0 Å². The first kappa shape index (κ1) is 32.0. The molecule has 1 aliphatic rings. The fourth-order valence-electron chi connectivity index (χ4n) is 9.14. The molecule has 0 atom stereocenters. The summed E-state index contributed by atoms with van der Waals surface area (Å²) in [5.41, 5.74) is 13.7. The van der Waals surface area contributed by atoms with E-state index in [-0.39, 0.29) is 5.41 Å². The Labute approximate surface area is 325 Å². The zero-order valence-corrected chi connectivity index (χ0v) is 31.6. The second-order valence-electron chi connectivity index (χ2n) is 15.3. The van der Waals surface area contributed by atoms with Crippen LogP contribution >= 0.6 is 11.3 Å². The highest BCUT2D eigenvalue weighted by Gasteiger charge is 2.35. The summed E-state index contributed by atoms with van der Waals surface area (Å²) in [5.74, 6) is 0. The molecular weight excluding hydrogens is 683 g/mol. The molecule has 1 aliphatic carbocycles. The van der Waals surface area contributed by atoms with Crippen LogP contribution in [0.25, 0.3) is 75.1 Å². The van der Waals surface area contributed by atoms with E-state index in [1.54, 1.807) is 0 Å². The third-order valence-electron chi connectivity index (χ3n) is 11.9. The van der Waals surface area contributed by atoms with E-state index in [0.717, 1.165) is 17.1 Å². The Balaban J connectivity index is 1.06. The third-order valence-corrected chi connectivity index (χ3v) is 13.1. The van der Waals surface area contributed by atoms with Crippen LogP contribution < -0.4 is 4.90 Å². The quantitative estimate of drug-likeness (QED) is 0.171. The average molecular weight is 720 g/mol. The van der Waals surface area contributed by atoms with Crippen molar-refractivity contribution in [3.8, 4) is 33.4 Å². The van der Waals surface area contributed by atoms with Gasteiger partial charge in [0.25, 0.3) is 0 Å². The molecule has 260 valence electrons. The monoisotopic (exact) mass is 719 g/mol. The average Bonchev–Trinajstić information content (AvgIpc) is 3.74. The highest BCUT2D eigenvalue weighted by Crippen LogP contribution is 2.51. The van der Waals surface area contributed by atoms with E-state index in [2.05, 4.69) is 207 Å². The molecule has 10 aromatic rings. The second kappa shape index (κ2) is 12.3. The van der Waals surface area contributed by atoms with Crippen molar-refractivity contribution < 1.29 is 0 Å². The van der Waals surface area contributed by atoms with Gasteiger partial charge in [0.2, 0.25) is 0 Å². The minimum Gasteiger partial charge on any atom is -0.310 e. The summed E-state index contributed by atoms with van der Waals surface area (Å²) in [4.78, 5) is 2.42. The van der Waals surface area contributed by atoms with E-state index < -0.39 is 0 Å². The van der Waals surface area contributed by atoms with Crippen molar-refractivity contribution in [2.24, 2.45) is 0 Å². The normalized spacial score (nSPS) is 13.1. The van der Waals surface area contributed by atoms with Crippen molar-refractivity contribution in [2.45, 2.75) is 19.3 Å². The van der Waals surface area contributed by atoms with Crippen LogP contribution in [-0.4, -0.2) is 0 Å². The van der Waals surface area contributed by atoms with Crippen LogP contribution in [0, 0.1) is 0 Å². The number of rotatable bonds is 5. The number of anilines is 3. The highest BCUT2D eigenvalue weighted by molar-refractivity contribution is 7.26. The van der Waals surface area contributed by atoms with E-state index in [1.807, 2.05) is 11.3 Å². The molecule has 0 N–H and O–H groups in total. The molecule has 0 amide bonds. The molecule has 0 fully saturated rings. The standard InChI is InChI=1S/C53H37NS/c1-53(2)48-20-9-7-17-44(48)47-33-40(30-31-49(47)53)54(38-26-22-35(23-27-38)42-19-11-14-34-12-3-5-15-41(34)42)39-28-24-36(25-29-39)46-32-37-13-4-6-16-43(37)51-45-18-8-10-21-50(45)55-52(46)51/h3-33H,1-2H3. The second-order valence-corrected chi connectivity index (χ2v) is 16.4. The molecule has 11 rings (SSSR count). The highest BCUT2D eigenvalue weighted by atomic mass is 32.1. The summed E-state index contributed by atoms with van der Waals surface area (Å²) >= 11 is 1.90. The van der Waals surface area contributed by atoms with Gasteiger partial charge in [-0.3, -0.25) is 0 Å². The Morgan fingerprint density at radius 1 is 0.400 bits per heavy atom. The summed E-state index contributed by atoms with van der Waals surface area (Å²) < 4.78 is 2.67. The molecule has 0 bridgehead atoms. The molecule has 1 aromatic heterocycles. The summed E-state index contributed by atoms with van der Waals surface area (Å²) in [5, 5.41) is 7.79. The number of hydrogen-bond acceptors (Lipinski definition) is 2. The lowest BCUT2D eigenvalue weighted by atomic mass is 9.82. The van der Waals surface area contributed by atoms with E-state index in [4.69, 9.17) is 0 Å². The van der Waals surface area contributed by atoms with Gasteiger partial charge in [0.05, 0.1) is 0 Å². The predicted octanol–water partition coefficient (Wildman–Crippen LogP) is 15.5. The lowest BCUT2D eigenvalue weighted by Crippen LogP contribution is -2.15. The predicted molar refractivity (Wildman–Crippen MR) is 237 cm³/mol. The lowest BCUT2D eigenvalue weighted by Gasteiger charge is -2.27. The van der Waals surface area contributed by atoms with Crippen molar-refractivity contribution in [1.29, 1.82) is 0 Å². The van der Waals surface area contributed by atoms with Gasteiger partial charge in [0.15, 0.2) is 0 Å². The van der Waals surface area contributed by atoms with Crippen LogP contribution in [-0.2, 0) is 5.41 Å². The van der Waals surface area contributed by atoms with E-state index in [9.17, 15) is 0 Å². The van der Waals surface area contributed by atoms with Crippen molar-refractivity contribution in [3.05, 3.63) is 199 Å². The van der Waals surface area contributed by atoms with Gasteiger partial charge in [-0.1, -0.05) is 153 Å². The fraction of sp³-hybridized carbons (Fsp3) is 0.0566. The summed E-state index contributed by atoms with van der Waals surface area (Å²) in [7, 11) is 0. The van der Waals surface area contributed by atoms with Crippen molar-refractivity contribution in [3.63, 3.8) is 0 Å². The van der Waals surface area contributed by atoms with Gasteiger partial charge >= 0.3 is 0 Å². The van der Waals surface area contributed by atoms with Crippen LogP contribution in [0.5, 0.6) is 0 Å². The van der Waals surface area contributed by atoms with Gasteiger partial charge < -0.3 is 4.90 Å². The van der Waals surface area contributed by atoms with Crippen LogP contribution in [0.3, 0.4) is 0 Å². The van der Waals surface area contributed by atoms with Crippen molar-refractivity contribution in [1.82, 2.24) is 0 Å². The first-order valence-corrected chi connectivity index (χ1v) is 19.9. The Morgan fingerprint density at radius 3 is 1.75 bits per heavy atom. The maximum atomic E-state index is 2.42. The molecule has 55 heavy (non-hydrogen) atoms. The smallest absolute Gasteiger partial charge is 0.0468 e. The Hall–Kier alpha value is -6.48. The zero-order chi connectivity index (χ0) is 36.7. The van der Waals surface area contributed by atoms with Gasteiger partial charge in [-0.25, -0.2) is 0 Å². The number of hydrogen-bond donors (Lipinski definition) is 0. The fourth-order valence-corrected chi connectivity index (χ4v) is 10.4. The van der Waals surface area contributed by atoms with E-state index in [1.165, 1.54) is 86.2 Å². The maximum absolute atomic E-state index is 2.42. The van der Waals surface area contributed by atoms with Crippen LogP contribution in [0.1, 0.15) is 25.0 Å². The number of fused-ring (bicyclic) bond motifs is 9. The van der Waals surface area contributed by atoms with Crippen molar-refractivity contribution >= 4 is 70.1 Å². The number of thiophene rings is 1. The van der Waals surface area contributed by atoms with Gasteiger partial charge in [0.1, 0.15) is 0 Å². The minimum atomic E-state index is -0.0468. The molecule has 0 unspecified atom stereocenters. The Bertz CT molecular complexity index is 3110. The SMILES string of the molecule is CC1(C)c2ccccc2-c2cc(N(c3ccc(-c4cccc5ccccc45)cc3)c3ccc(-c4cc5ccccc5c5c4sc4ccccc45)cc3)ccc21. The lowest BCUT2D eigenvalue weighted by molar-refractivity contribution is 0.660. The molecule has 1 heterocycles. The third kappa shape index (κ3) is 4.99. The molecule has 0 aliphatic heterocycles. The summed E-state index contributed by atoms with van der Waals surface area (Å²) in [6.07, 6.45) is 0.